The van der Waals surface area contributed by atoms with E-state index >= 15 is 0 Å². The number of aromatic nitrogens is 7. The van der Waals surface area contributed by atoms with Gasteiger partial charge in [0.25, 0.3) is 0 Å². The van der Waals surface area contributed by atoms with Crippen LogP contribution in [0, 0.1) is 0 Å². The quantitative estimate of drug-likeness (QED) is 0.135. The minimum absolute atomic E-state index is 0.486. The number of hydrogen-bond donors (Lipinski definition) is 0. The Morgan fingerprint density at radius 3 is 1.48 bits per heavy atom. The summed E-state index contributed by atoms with van der Waals surface area (Å²) in [6.07, 6.45) is 0. The number of hydrogen-bond acceptors (Lipinski definition) is 8. The van der Waals surface area contributed by atoms with E-state index in [2.05, 4.69) is 241 Å². The fourth-order valence-electron chi connectivity index (χ4n) is 12.9. The van der Waals surface area contributed by atoms with Crippen LogP contribution < -0.4 is 4.74 Å². The van der Waals surface area contributed by atoms with E-state index in [9.17, 15) is 0 Å². The second kappa shape index (κ2) is 20.9. The Labute approximate surface area is 511 Å². The van der Waals surface area contributed by atoms with Crippen LogP contribution in [0.1, 0.15) is 16.7 Å². The summed E-state index contributed by atoms with van der Waals surface area (Å²) < 4.78 is 12.4. The molecule has 0 radical (unpaired) electrons. The largest absolute Gasteiger partial charge is 0.472 e. The highest BCUT2D eigenvalue weighted by Crippen LogP contribution is 2.53. The molecule has 1 aliphatic heterocycles. The molecule has 0 saturated carbocycles. The third-order valence-electron chi connectivity index (χ3n) is 17.0. The van der Waals surface area contributed by atoms with Gasteiger partial charge in [0.15, 0.2) is 40.5 Å². The van der Waals surface area contributed by atoms with Gasteiger partial charge in [-0.15, -0.1) is 11.3 Å². The first kappa shape index (κ1) is 50.9. The normalized spacial score (nSPS) is 12.5. The summed E-state index contributed by atoms with van der Waals surface area (Å²) >= 11 is 1.77. The Kier molecular flexibility index (Phi) is 12.1. The number of nitrogens with zero attached hydrogens (tertiary/aromatic N) is 7. The molecule has 0 fully saturated rings. The lowest BCUT2D eigenvalue weighted by Crippen LogP contribution is -2.38. The third kappa shape index (κ3) is 8.50. The lowest BCUT2D eigenvalue weighted by atomic mass is 9.75. The molecule has 0 saturated heterocycles. The van der Waals surface area contributed by atoms with E-state index in [0.717, 1.165) is 110 Å². The zero-order valence-electron chi connectivity index (χ0n) is 47.2. The van der Waals surface area contributed by atoms with E-state index in [-0.39, 0.29) is 0 Å². The van der Waals surface area contributed by atoms with Crippen molar-refractivity contribution in [1.29, 1.82) is 0 Å². The van der Waals surface area contributed by atoms with Crippen LogP contribution in [-0.4, -0.2) is 34.5 Å². The summed E-state index contributed by atoms with van der Waals surface area (Å²) in [7, 11) is 0. The molecule has 0 N–H and O–H groups in total. The second-order valence-electron chi connectivity index (χ2n) is 22.1. The topological polar surface area (TPSA) is 91.5 Å². The Morgan fingerprint density at radius 1 is 0.295 bits per heavy atom. The standard InChI is InChI=1S/C79H49N7OS/c1-6-23-50(24-7-1)73-80-74(51-25-8-2-9-26-51)83-78(82-73)65-47-53(42-44-58(65)52-41-45-60-59-33-16-19-37-66(59)79(87-69(60)48-52,55-27-10-3-11-28-55)56-29-12-4-13-30-56)75-81-76(54-43-46-62-61-34-18-21-40-70(61)88-71(62)49-54)85-77(84-75)64-36-22-39-68-72(64)63-35-17-20-38-67(63)86(68)57-31-14-5-15-32-57/h1-49H. The Bertz CT molecular complexity index is 5270. The summed E-state index contributed by atoms with van der Waals surface area (Å²) in [5.41, 5.74) is 14.3. The van der Waals surface area contributed by atoms with Gasteiger partial charge < -0.3 is 9.30 Å². The van der Waals surface area contributed by atoms with Gasteiger partial charge in [0.1, 0.15) is 5.75 Å². The third-order valence-corrected chi connectivity index (χ3v) is 18.1. The molecule has 16 aromatic rings. The van der Waals surface area contributed by atoms with Gasteiger partial charge in [-0.3, -0.25) is 0 Å². The summed E-state index contributed by atoms with van der Waals surface area (Å²) in [5.74, 6) is 3.92. The minimum atomic E-state index is -0.961. The molecule has 0 bridgehead atoms. The lowest BCUT2D eigenvalue weighted by Gasteiger charge is -2.41. The van der Waals surface area contributed by atoms with Crippen molar-refractivity contribution in [1.82, 2.24) is 34.5 Å². The van der Waals surface area contributed by atoms with Crippen molar-refractivity contribution in [2.75, 3.05) is 0 Å². The molecule has 9 heteroatoms. The molecule has 0 aliphatic carbocycles. The van der Waals surface area contributed by atoms with Crippen LogP contribution in [0.2, 0.25) is 0 Å². The van der Waals surface area contributed by atoms with Crippen LogP contribution in [0.15, 0.2) is 297 Å². The van der Waals surface area contributed by atoms with E-state index in [1.165, 1.54) is 15.5 Å². The fourth-order valence-corrected chi connectivity index (χ4v) is 14.1. The van der Waals surface area contributed by atoms with Gasteiger partial charge in [-0.2, -0.15) is 0 Å². The van der Waals surface area contributed by atoms with Crippen LogP contribution in [0.25, 0.3) is 138 Å². The van der Waals surface area contributed by atoms with E-state index in [0.29, 0.717) is 34.9 Å². The van der Waals surface area contributed by atoms with E-state index in [4.69, 9.17) is 34.6 Å². The number of para-hydroxylation sites is 2. The summed E-state index contributed by atoms with van der Waals surface area (Å²) in [4.78, 5) is 32.5. The van der Waals surface area contributed by atoms with Crippen LogP contribution in [-0.2, 0) is 5.60 Å². The monoisotopic (exact) mass is 1140 g/mol. The average Bonchev–Trinajstić information content (AvgIpc) is 3.48. The predicted octanol–water partition coefficient (Wildman–Crippen LogP) is 19.5. The zero-order chi connectivity index (χ0) is 58.1. The van der Waals surface area contributed by atoms with Crippen molar-refractivity contribution in [2.24, 2.45) is 0 Å². The van der Waals surface area contributed by atoms with Gasteiger partial charge >= 0.3 is 0 Å². The van der Waals surface area contributed by atoms with Crippen LogP contribution >= 0.6 is 11.3 Å². The molecule has 0 unspecified atom stereocenters. The zero-order valence-corrected chi connectivity index (χ0v) is 48.1. The van der Waals surface area contributed by atoms with Gasteiger partial charge in [-0.25, -0.2) is 29.9 Å². The molecule has 17 rings (SSSR count). The van der Waals surface area contributed by atoms with E-state index in [1.54, 1.807) is 11.3 Å². The first-order valence-corrected chi connectivity index (χ1v) is 30.2. The van der Waals surface area contributed by atoms with Crippen LogP contribution in [0.4, 0.5) is 0 Å². The summed E-state index contributed by atoms with van der Waals surface area (Å²) in [6, 6.07) is 104. The molecule has 412 valence electrons. The fraction of sp³-hybridized carbons (Fsp3) is 0.0127. The van der Waals surface area contributed by atoms with Crippen LogP contribution in [0.5, 0.6) is 5.75 Å². The molecular weight excluding hydrogens is 1090 g/mol. The molecule has 1 aliphatic rings. The molecule has 8 nitrogen and oxygen atoms in total. The Morgan fingerprint density at radius 2 is 0.784 bits per heavy atom. The van der Waals surface area contributed by atoms with Crippen LogP contribution in [0.3, 0.4) is 0 Å². The number of rotatable bonds is 10. The smallest absolute Gasteiger partial charge is 0.185 e. The Hall–Kier alpha value is -11.5. The maximum atomic E-state index is 7.64. The van der Waals surface area contributed by atoms with Crippen molar-refractivity contribution in [3.8, 4) is 102 Å². The molecule has 88 heavy (non-hydrogen) atoms. The molecular formula is C79H49N7OS. The first-order chi connectivity index (χ1) is 43.6. The van der Waals surface area contributed by atoms with E-state index < -0.39 is 5.60 Å². The maximum Gasteiger partial charge on any atom is 0.185 e. The summed E-state index contributed by atoms with van der Waals surface area (Å²) in [6.45, 7) is 0. The summed E-state index contributed by atoms with van der Waals surface area (Å²) in [5, 5.41) is 4.57. The van der Waals surface area contributed by atoms with Crippen molar-refractivity contribution < 1.29 is 4.74 Å². The van der Waals surface area contributed by atoms with Gasteiger partial charge in [0, 0.05) is 92.3 Å². The maximum absolute atomic E-state index is 7.64. The van der Waals surface area contributed by atoms with Crippen molar-refractivity contribution in [3.63, 3.8) is 0 Å². The molecule has 0 spiro atoms. The molecule has 5 heterocycles. The molecule has 12 aromatic carbocycles. The second-order valence-corrected chi connectivity index (χ2v) is 23.2. The molecule has 4 aromatic heterocycles. The van der Waals surface area contributed by atoms with Crippen molar-refractivity contribution in [3.05, 3.63) is 314 Å². The highest BCUT2D eigenvalue weighted by molar-refractivity contribution is 7.25. The predicted molar refractivity (Wildman–Crippen MR) is 357 cm³/mol. The minimum Gasteiger partial charge on any atom is -0.472 e. The highest BCUT2D eigenvalue weighted by atomic mass is 32.1. The number of benzene rings is 12. The highest BCUT2D eigenvalue weighted by Gasteiger charge is 2.44. The van der Waals surface area contributed by atoms with Crippen molar-refractivity contribution in [2.45, 2.75) is 5.60 Å². The SMILES string of the molecule is c1ccc(-c2nc(-c3ccccc3)nc(-c3cc(-c4nc(-c5ccc6c(c5)sc5ccccc56)nc(-c5cccc6c5c5ccccc5n6-c5ccccc5)n4)ccc3-c3ccc4c(c3)OC(c3ccccc3)(c3ccccc3)c3ccccc3-4)n2)cc1. The Balaban J connectivity index is 0.910. The number of ether oxygens (including phenoxy) is 1. The van der Waals surface area contributed by atoms with Gasteiger partial charge in [-0.05, 0) is 65.2 Å². The molecule has 0 atom stereocenters. The van der Waals surface area contributed by atoms with Gasteiger partial charge in [-0.1, -0.05) is 249 Å². The van der Waals surface area contributed by atoms with Crippen molar-refractivity contribution >= 4 is 53.3 Å². The number of fused-ring (bicyclic) bond motifs is 9. The van der Waals surface area contributed by atoms with E-state index in [1.807, 2.05) is 60.7 Å². The number of thiophene rings is 1. The average molecular weight is 1140 g/mol. The van der Waals surface area contributed by atoms with Gasteiger partial charge in [0.2, 0.25) is 0 Å². The first-order valence-electron chi connectivity index (χ1n) is 29.4. The lowest BCUT2D eigenvalue weighted by molar-refractivity contribution is 0.152. The van der Waals surface area contributed by atoms with Gasteiger partial charge in [0.05, 0.1) is 11.0 Å². The molecule has 0 amide bonds.